The van der Waals surface area contributed by atoms with E-state index >= 15 is 0 Å². The van der Waals surface area contributed by atoms with Crippen LogP contribution in [0.5, 0.6) is 0 Å². The van der Waals surface area contributed by atoms with Crippen molar-refractivity contribution in [2.24, 2.45) is 5.73 Å². The van der Waals surface area contributed by atoms with Gasteiger partial charge < -0.3 is 10.6 Å². The molecule has 3 nitrogen and oxygen atoms in total. The van der Waals surface area contributed by atoms with E-state index in [0.29, 0.717) is 12.1 Å². The number of benzene rings is 1. The number of likely N-dealkylation sites (N-methyl/N-ethyl adjacent to an activating group) is 1. The fourth-order valence-corrected chi connectivity index (χ4v) is 3.30. The van der Waals surface area contributed by atoms with Crippen molar-refractivity contribution in [3.8, 4) is 0 Å². The Bertz CT molecular complexity index is 449. The van der Waals surface area contributed by atoms with Crippen molar-refractivity contribution in [3.05, 3.63) is 28.2 Å². The van der Waals surface area contributed by atoms with E-state index < -0.39 is 0 Å². The van der Waals surface area contributed by atoms with E-state index in [1.807, 2.05) is 0 Å². The van der Waals surface area contributed by atoms with Gasteiger partial charge in [-0.25, -0.2) is 0 Å². The number of anilines is 1. The molecule has 2 N–H and O–H groups in total. The van der Waals surface area contributed by atoms with Gasteiger partial charge in [-0.05, 0) is 51.9 Å². The Kier molecular flexibility index (Phi) is 5.10. The lowest BCUT2D eigenvalue weighted by atomic mass is 10.0. The molecule has 0 aromatic heterocycles. The molecule has 3 atom stereocenters. The summed E-state index contributed by atoms with van der Waals surface area (Å²) in [5.74, 6) is 0. The molecule has 1 aromatic rings. The molecule has 1 fully saturated rings. The highest BCUT2D eigenvalue weighted by atomic mass is 79.9. The van der Waals surface area contributed by atoms with Gasteiger partial charge in [-0.3, -0.25) is 4.90 Å². The smallest absolute Gasteiger partial charge is 0.0411 e. The third-order valence-electron chi connectivity index (χ3n) is 4.29. The van der Waals surface area contributed by atoms with Crippen LogP contribution in [0.2, 0.25) is 0 Å². The minimum Gasteiger partial charge on any atom is -0.368 e. The molecule has 1 saturated heterocycles. The quantitative estimate of drug-likeness (QED) is 0.918. The Morgan fingerprint density at radius 2 is 1.90 bits per heavy atom. The summed E-state index contributed by atoms with van der Waals surface area (Å²) in [6, 6.07) is 7.89. The third kappa shape index (κ3) is 3.54. The molecular formula is C16H26BrN3. The van der Waals surface area contributed by atoms with Crippen LogP contribution in [0.25, 0.3) is 0 Å². The van der Waals surface area contributed by atoms with Crippen LogP contribution < -0.4 is 10.6 Å². The van der Waals surface area contributed by atoms with Gasteiger partial charge in [0.1, 0.15) is 0 Å². The monoisotopic (exact) mass is 339 g/mol. The van der Waals surface area contributed by atoms with Crippen LogP contribution >= 0.6 is 15.9 Å². The summed E-state index contributed by atoms with van der Waals surface area (Å²) in [4.78, 5) is 4.97. The molecule has 0 spiro atoms. The van der Waals surface area contributed by atoms with Gasteiger partial charge >= 0.3 is 0 Å². The van der Waals surface area contributed by atoms with Crippen molar-refractivity contribution in [2.45, 2.75) is 45.3 Å². The summed E-state index contributed by atoms with van der Waals surface area (Å²) >= 11 is 3.60. The topological polar surface area (TPSA) is 32.5 Å². The number of nitrogens with two attached hydrogens (primary N) is 1. The number of hydrogen-bond acceptors (Lipinski definition) is 3. The number of rotatable bonds is 3. The van der Waals surface area contributed by atoms with E-state index in [0.717, 1.165) is 24.0 Å². The van der Waals surface area contributed by atoms with Gasteiger partial charge in [0, 0.05) is 41.4 Å². The zero-order valence-electron chi connectivity index (χ0n) is 12.9. The first-order chi connectivity index (χ1) is 9.38. The highest BCUT2D eigenvalue weighted by Crippen LogP contribution is 2.29. The molecule has 1 aliphatic rings. The molecule has 1 aliphatic heterocycles. The van der Waals surface area contributed by atoms with Crippen LogP contribution in [-0.2, 0) is 6.42 Å². The van der Waals surface area contributed by atoms with E-state index in [1.54, 1.807) is 0 Å². The van der Waals surface area contributed by atoms with Crippen LogP contribution in [0.4, 0.5) is 5.69 Å². The SMILES string of the molecule is CC(N)Cc1ccc(Br)cc1N1CC(C)N(C)C(C)C1. The second-order valence-corrected chi connectivity index (χ2v) is 7.14. The van der Waals surface area contributed by atoms with Gasteiger partial charge in [0.2, 0.25) is 0 Å². The lowest BCUT2D eigenvalue weighted by Gasteiger charge is -2.44. The summed E-state index contributed by atoms with van der Waals surface area (Å²) in [5.41, 5.74) is 8.69. The summed E-state index contributed by atoms with van der Waals surface area (Å²) in [6.45, 7) is 8.81. The van der Waals surface area contributed by atoms with E-state index in [4.69, 9.17) is 5.73 Å². The Labute approximate surface area is 131 Å². The normalized spacial score (nSPS) is 25.8. The average Bonchev–Trinajstić information content (AvgIpc) is 2.37. The van der Waals surface area contributed by atoms with E-state index in [9.17, 15) is 0 Å². The fraction of sp³-hybridized carbons (Fsp3) is 0.625. The van der Waals surface area contributed by atoms with Gasteiger partial charge in [0.05, 0.1) is 0 Å². The maximum absolute atomic E-state index is 6.00. The third-order valence-corrected chi connectivity index (χ3v) is 4.78. The number of piperazine rings is 1. The fourth-order valence-electron chi connectivity index (χ4n) is 2.95. The van der Waals surface area contributed by atoms with Crippen molar-refractivity contribution < 1.29 is 0 Å². The van der Waals surface area contributed by atoms with Crippen molar-refractivity contribution in [1.29, 1.82) is 0 Å². The largest absolute Gasteiger partial charge is 0.368 e. The molecule has 2 rings (SSSR count). The second kappa shape index (κ2) is 6.46. The first-order valence-corrected chi connectivity index (χ1v) is 8.18. The minimum absolute atomic E-state index is 0.192. The maximum Gasteiger partial charge on any atom is 0.0411 e. The zero-order valence-corrected chi connectivity index (χ0v) is 14.5. The van der Waals surface area contributed by atoms with Crippen molar-refractivity contribution in [1.82, 2.24) is 4.90 Å². The lowest BCUT2D eigenvalue weighted by Crippen LogP contribution is -2.55. The number of hydrogen-bond donors (Lipinski definition) is 1. The molecule has 4 heteroatoms. The van der Waals surface area contributed by atoms with Gasteiger partial charge in [-0.2, -0.15) is 0 Å². The van der Waals surface area contributed by atoms with Gasteiger partial charge in [0.25, 0.3) is 0 Å². The van der Waals surface area contributed by atoms with E-state index in [-0.39, 0.29) is 6.04 Å². The van der Waals surface area contributed by atoms with Crippen LogP contribution in [0.3, 0.4) is 0 Å². The van der Waals surface area contributed by atoms with Gasteiger partial charge in [0.15, 0.2) is 0 Å². The van der Waals surface area contributed by atoms with E-state index in [2.05, 4.69) is 71.7 Å². The molecule has 0 bridgehead atoms. The Morgan fingerprint density at radius 3 is 2.45 bits per heavy atom. The molecule has 1 heterocycles. The number of nitrogens with zero attached hydrogens (tertiary/aromatic N) is 2. The molecule has 0 radical (unpaired) electrons. The molecule has 0 saturated carbocycles. The summed E-state index contributed by atoms with van der Waals surface area (Å²) in [6.07, 6.45) is 0.928. The number of halogens is 1. The summed E-state index contributed by atoms with van der Waals surface area (Å²) in [7, 11) is 2.22. The highest BCUT2D eigenvalue weighted by molar-refractivity contribution is 9.10. The Morgan fingerprint density at radius 1 is 1.30 bits per heavy atom. The first-order valence-electron chi connectivity index (χ1n) is 7.39. The zero-order chi connectivity index (χ0) is 14.9. The van der Waals surface area contributed by atoms with Gasteiger partial charge in [-0.15, -0.1) is 0 Å². The molecule has 20 heavy (non-hydrogen) atoms. The van der Waals surface area contributed by atoms with Crippen molar-refractivity contribution in [2.75, 3.05) is 25.0 Å². The first kappa shape index (κ1) is 15.8. The average molecular weight is 340 g/mol. The highest BCUT2D eigenvalue weighted by Gasteiger charge is 2.27. The molecule has 0 amide bonds. The van der Waals surface area contributed by atoms with Crippen molar-refractivity contribution in [3.63, 3.8) is 0 Å². The molecule has 3 unspecified atom stereocenters. The molecule has 1 aromatic carbocycles. The van der Waals surface area contributed by atoms with Crippen molar-refractivity contribution >= 4 is 21.6 Å². The second-order valence-electron chi connectivity index (χ2n) is 6.22. The Hall–Kier alpha value is -0.580. The van der Waals surface area contributed by atoms with E-state index in [1.165, 1.54) is 11.3 Å². The molecular weight excluding hydrogens is 314 g/mol. The Balaban J connectivity index is 2.29. The molecule has 0 aliphatic carbocycles. The van der Waals surface area contributed by atoms with Crippen LogP contribution in [0, 0.1) is 0 Å². The predicted octanol–water partition coefficient (Wildman–Crippen LogP) is 2.87. The molecule has 112 valence electrons. The minimum atomic E-state index is 0.192. The van der Waals surface area contributed by atoms with Crippen LogP contribution in [0.1, 0.15) is 26.3 Å². The van der Waals surface area contributed by atoms with Crippen LogP contribution in [0.15, 0.2) is 22.7 Å². The van der Waals surface area contributed by atoms with Gasteiger partial charge in [-0.1, -0.05) is 22.0 Å². The maximum atomic E-state index is 6.00. The summed E-state index contributed by atoms with van der Waals surface area (Å²) < 4.78 is 1.14. The predicted molar refractivity (Wildman–Crippen MR) is 90.4 cm³/mol. The standard InChI is InChI=1S/C16H26BrN3/c1-11(18)7-14-5-6-15(17)8-16(14)20-9-12(2)19(4)13(3)10-20/h5-6,8,11-13H,7,9-10,18H2,1-4H3. The summed E-state index contributed by atoms with van der Waals surface area (Å²) in [5, 5.41) is 0. The van der Waals surface area contributed by atoms with Crippen LogP contribution in [-0.4, -0.2) is 43.2 Å². The lowest BCUT2D eigenvalue weighted by molar-refractivity contribution is 0.170.